The van der Waals surface area contributed by atoms with Crippen LogP contribution in [0, 0.1) is 15.5 Å². The number of nitrogen functional groups attached to an aromatic ring is 1. The lowest BCUT2D eigenvalue weighted by Gasteiger charge is -2.26. The maximum atomic E-state index is 12.4. The molecule has 9 heteroatoms. The molecule has 118 valence electrons. The number of nitro groups is 1. The Labute approximate surface area is 124 Å². The third kappa shape index (κ3) is 4.13. The average Bonchev–Trinajstić information content (AvgIpc) is 2.35. The molecule has 8 nitrogen and oxygen atoms in total. The van der Waals surface area contributed by atoms with Gasteiger partial charge in [0.15, 0.2) is 0 Å². The third-order valence-electron chi connectivity index (χ3n) is 2.73. The van der Waals surface area contributed by atoms with Gasteiger partial charge >= 0.3 is 0 Å². The minimum absolute atomic E-state index is 0.0483. The smallest absolute Gasteiger partial charge is 0.293 e. The number of sulfonamides is 1. The second-order valence-corrected chi connectivity index (χ2v) is 7.95. The van der Waals surface area contributed by atoms with Crippen LogP contribution >= 0.6 is 0 Å². The van der Waals surface area contributed by atoms with Crippen molar-refractivity contribution in [2.24, 2.45) is 11.3 Å². The fourth-order valence-electron chi connectivity index (χ4n) is 1.88. The molecule has 0 aromatic heterocycles. The Bertz CT molecular complexity index is 637. The summed E-state index contributed by atoms with van der Waals surface area (Å²) in [4.78, 5) is 10.1. The van der Waals surface area contributed by atoms with Gasteiger partial charge in [-0.3, -0.25) is 16.0 Å². The van der Waals surface area contributed by atoms with E-state index in [0.717, 1.165) is 12.1 Å². The lowest BCUT2D eigenvalue weighted by Crippen LogP contribution is -2.34. The van der Waals surface area contributed by atoms with Crippen LogP contribution in [0.2, 0.25) is 0 Å². The number of rotatable bonds is 5. The van der Waals surface area contributed by atoms with E-state index in [9.17, 15) is 18.5 Å². The highest BCUT2D eigenvalue weighted by Gasteiger charge is 2.27. The van der Waals surface area contributed by atoms with Gasteiger partial charge in [-0.1, -0.05) is 20.8 Å². The van der Waals surface area contributed by atoms with E-state index in [1.165, 1.54) is 17.4 Å². The Morgan fingerprint density at radius 1 is 1.38 bits per heavy atom. The first-order chi connectivity index (χ1) is 9.49. The first-order valence-electron chi connectivity index (χ1n) is 6.20. The molecule has 0 heterocycles. The van der Waals surface area contributed by atoms with E-state index in [2.05, 4.69) is 5.43 Å². The highest BCUT2D eigenvalue weighted by Crippen LogP contribution is 2.28. The lowest BCUT2D eigenvalue weighted by atomic mass is 9.97. The number of anilines is 1. The van der Waals surface area contributed by atoms with Crippen LogP contribution in [-0.2, 0) is 10.0 Å². The number of hydrogen-bond donors (Lipinski definition) is 2. The van der Waals surface area contributed by atoms with Crippen molar-refractivity contribution in [1.82, 2.24) is 4.31 Å². The van der Waals surface area contributed by atoms with E-state index in [-0.39, 0.29) is 21.7 Å². The summed E-state index contributed by atoms with van der Waals surface area (Å²) in [5.41, 5.74) is 1.61. The molecule has 0 saturated carbocycles. The topological polar surface area (TPSA) is 119 Å². The highest BCUT2D eigenvalue weighted by molar-refractivity contribution is 7.89. The van der Waals surface area contributed by atoms with Crippen LogP contribution in [0.15, 0.2) is 23.1 Å². The maximum Gasteiger partial charge on any atom is 0.293 e. The molecule has 1 aromatic carbocycles. The molecule has 0 atom stereocenters. The van der Waals surface area contributed by atoms with Crippen molar-refractivity contribution >= 4 is 21.4 Å². The minimum atomic E-state index is -3.73. The Hall–Kier alpha value is -1.71. The van der Waals surface area contributed by atoms with E-state index in [1.54, 1.807) is 0 Å². The van der Waals surface area contributed by atoms with E-state index in [1.807, 2.05) is 20.8 Å². The molecule has 1 rings (SSSR count). The van der Waals surface area contributed by atoms with Gasteiger partial charge in [0.25, 0.3) is 5.69 Å². The van der Waals surface area contributed by atoms with Crippen LogP contribution in [-0.4, -0.2) is 31.2 Å². The van der Waals surface area contributed by atoms with Crippen LogP contribution in [0.1, 0.15) is 20.8 Å². The predicted molar refractivity (Wildman–Crippen MR) is 80.2 cm³/mol. The van der Waals surface area contributed by atoms with Crippen molar-refractivity contribution in [1.29, 1.82) is 0 Å². The number of nitrogens with zero attached hydrogens (tertiary/aromatic N) is 2. The fraction of sp³-hybridized carbons (Fsp3) is 0.500. The van der Waals surface area contributed by atoms with Crippen molar-refractivity contribution in [3.8, 4) is 0 Å². The normalized spacial score (nSPS) is 12.5. The van der Waals surface area contributed by atoms with Gasteiger partial charge in [-0.2, -0.15) is 0 Å². The Morgan fingerprint density at radius 2 is 1.95 bits per heavy atom. The molecule has 0 radical (unpaired) electrons. The van der Waals surface area contributed by atoms with Crippen molar-refractivity contribution in [2.75, 3.05) is 19.0 Å². The van der Waals surface area contributed by atoms with E-state index < -0.39 is 14.9 Å². The molecular weight excluding hydrogens is 296 g/mol. The van der Waals surface area contributed by atoms with Crippen LogP contribution in [0.4, 0.5) is 11.4 Å². The molecule has 0 saturated heterocycles. The standard InChI is InChI=1S/C12H20N4O4S/c1-12(2,3)8-15(4)21(19,20)9-5-6-11(16(17)18)10(7-9)14-13/h5-7,14H,8,13H2,1-4H3. The van der Waals surface area contributed by atoms with Gasteiger partial charge in [-0.25, -0.2) is 12.7 Å². The minimum Gasteiger partial charge on any atom is -0.318 e. The van der Waals surface area contributed by atoms with Crippen molar-refractivity contribution in [3.63, 3.8) is 0 Å². The van der Waals surface area contributed by atoms with Crippen LogP contribution < -0.4 is 11.3 Å². The van der Waals surface area contributed by atoms with Crippen LogP contribution in [0.25, 0.3) is 0 Å². The van der Waals surface area contributed by atoms with Crippen molar-refractivity contribution in [2.45, 2.75) is 25.7 Å². The van der Waals surface area contributed by atoms with E-state index in [0.29, 0.717) is 6.54 Å². The number of benzene rings is 1. The van der Waals surface area contributed by atoms with E-state index >= 15 is 0 Å². The maximum absolute atomic E-state index is 12.4. The fourth-order valence-corrected chi connectivity index (χ4v) is 3.31. The molecule has 21 heavy (non-hydrogen) atoms. The molecule has 1 aromatic rings. The first-order valence-corrected chi connectivity index (χ1v) is 7.64. The van der Waals surface area contributed by atoms with Gasteiger partial charge in [0, 0.05) is 19.7 Å². The molecule has 0 aliphatic carbocycles. The number of nitro benzene ring substituents is 1. The zero-order chi connectivity index (χ0) is 16.4. The third-order valence-corrected chi connectivity index (χ3v) is 4.52. The second-order valence-electron chi connectivity index (χ2n) is 5.90. The Balaban J connectivity index is 3.24. The quantitative estimate of drug-likeness (QED) is 0.483. The van der Waals surface area contributed by atoms with Crippen molar-refractivity contribution < 1.29 is 13.3 Å². The Morgan fingerprint density at radius 3 is 2.38 bits per heavy atom. The summed E-state index contributed by atoms with van der Waals surface area (Å²) in [5.74, 6) is 5.22. The van der Waals surface area contributed by atoms with Gasteiger partial charge in [0.05, 0.1) is 9.82 Å². The highest BCUT2D eigenvalue weighted by atomic mass is 32.2. The second kappa shape index (κ2) is 5.96. The number of nitrogens with two attached hydrogens (primary N) is 1. The molecule has 0 aliphatic heterocycles. The molecular formula is C12H20N4O4S. The van der Waals surface area contributed by atoms with Gasteiger partial charge in [0.1, 0.15) is 5.69 Å². The first kappa shape index (κ1) is 17.3. The van der Waals surface area contributed by atoms with Gasteiger partial charge < -0.3 is 5.43 Å². The zero-order valence-corrected chi connectivity index (χ0v) is 13.3. The molecule has 0 spiro atoms. The van der Waals surface area contributed by atoms with Gasteiger partial charge in [0.2, 0.25) is 10.0 Å². The van der Waals surface area contributed by atoms with Crippen LogP contribution in [0.3, 0.4) is 0 Å². The number of hydrogen-bond acceptors (Lipinski definition) is 6. The Kier molecular flexibility index (Phi) is 4.92. The lowest BCUT2D eigenvalue weighted by molar-refractivity contribution is -0.384. The summed E-state index contributed by atoms with van der Waals surface area (Å²) in [6.07, 6.45) is 0. The molecule has 0 unspecified atom stereocenters. The summed E-state index contributed by atoms with van der Waals surface area (Å²) in [7, 11) is -2.26. The molecule has 0 fully saturated rings. The summed E-state index contributed by atoms with van der Waals surface area (Å²) in [5, 5.41) is 10.8. The summed E-state index contributed by atoms with van der Waals surface area (Å²) < 4.78 is 26.1. The number of nitrogens with one attached hydrogen (secondary N) is 1. The SMILES string of the molecule is CN(CC(C)(C)C)S(=O)(=O)c1ccc([N+](=O)[O-])c(NN)c1. The predicted octanol–water partition coefficient (Wildman–Crippen LogP) is 1.55. The monoisotopic (exact) mass is 316 g/mol. The van der Waals surface area contributed by atoms with E-state index in [4.69, 9.17) is 5.84 Å². The zero-order valence-electron chi connectivity index (χ0n) is 12.5. The van der Waals surface area contributed by atoms with Crippen molar-refractivity contribution in [3.05, 3.63) is 28.3 Å². The van der Waals surface area contributed by atoms with Gasteiger partial charge in [-0.15, -0.1) is 0 Å². The summed E-state index contributed by atoms with van der Waals surface area (Å²) >= 11 is 0. The molecule has 0 aliphatic rings. The number of hydrazine groups is 1. The van der Waals surface area contributed by atoms with Gasteiger partial charge in [-0.05, 0) is 17.5 Å². The average molecular weight is 316 g/mol. The molecule has 0 amide bonds. The largest absolute Gasteiger partial charge is 0.318 e. The summed E-state index contributed by atoms with van der Waals surface area (Å²) in [6, 6.07) is 3.48. The molecule has 0 bridgehead atoms. The summed E-state index contributed by atoms with van der Waals surface area (Å²) in [6.45, 7) is 6.07. The molecule has 3 N–H and O–H groups in total. The van der Waals surface area contributed by atoms with Crippen LogP contribution in [0.5, 0.6) is 0 Å².